The van der Waals surface area contributed by atoms with E-state index in [-0.39, 0.29) is 12.5 Å². The molecular weight excluding hydrogens is 374 g/mol. The van der Waals surface area contributed by atoms with Crippen LogP contribution in [-0.2, 0) is 17.8 Å². The Morgan fingerprint density at radius 2 is 1.93 bits per heavy atom. The largest absolute Gasteiger partial charge is 0.497 e. The van der Waals surface area contributed by atoms with Crippen LogP contribution in [0.2, 0.25) is 0 Å². The molecule has 0 saturated heterocycles. The van der Waals surface area contributed by atoms with Gasteiger partial charge in [-0.3, -0.25) is 4.79 Å². The zero-order chi connectivity index (χ0) is 20.5. The van der Waals surface area contributed by atoms with Crippen molar-refractivity contribution in [3.63, 3.8) is 0 Å². The molecule has 0 unspecified atom stereocenters. The second kappa shape index (κ2) is 10.7. The van der Waals surface area contributed by atoms with Crippen LogP contribution in [0.1, 0.15) is 21.1 Å². The summed E-state index contributed by atoms with van der Waals surface area (Å²) in [6, 6.07) is 7.78. The predicted molar refractivity (Wildman–Crippen MR) is 114 cm³/mol. The SMILES string of the molecule is COc1ccc(CN=C(NCCc2nc(C)c(C)s2)NCC(=O)N(C)C)cc1. The summed E-state index contributed by atoms with van der Waals surface area (Å²) in [6.07, 6.45) is 0.810. The Bertz CT molecular complexity index is 780. The third-order valence-electron chi connectivity index (χ3n) is 4.19. The van der Waals surface area contributed by atoms with Crippen LogP contribution in [0.15, 0.2) is 29.3 Å². The predicted octanol–water partition coefficient (Wildman–Crippen LogP) is 2.13. The third kappa shape index (κ3) is 6.84. The van der Waals surface area contributed by atoms with E-state index in [1.165, 1.54) is 4.88 Å². The van der Waals surface area contributed by atoms with Crippen LogP contribution < -0.4 is 15.4 Å². The average molecular weight is 404 g/mol. The Hall–Kier alpha value is -2.61. The van der Waals surface area contributed by atoms with Crippen molar-refractivity contribution in [2.45, 2.75) is 26.8 Å². The van der Waals surface area contributed by atoms with E-state index in [0.717, 1.165) is 28.4 Å². The summed E-state index contributed by atoms with van der Waals surface area (Å²) in [5.41, 5.74) is 2.15. The number of carbonyl (C=O) groups excluding carboxylic acids is 1. The Kier molecular flexibility index (Phi) is 8.25. The van der Waals surface area contributed by atoms with Crippen LogP contribution in [0.5, 0.6) is 5.75 Å². The smallest absolute Gasteiger partial charge is 0.241 e. The van der Waals surface area contributed by atoms with Crippen LogP contribution >= 0.6 is 11.3 Å². The Morgan fingerprint density at radius 3 is 2.50 bits per heavy atom. The van der Waals surface area contributed by atoms with Gasteiger partial charge in [-0.2, -0.15) is 0 Å². The summed E-state index contributed by atoms with van der Waals surface area (Å²) < 4.78 is 5.18. The molecule has 8 heteroatoms. The van der Waals surface area contributed by atoms with Crippen LogP contribution in [0.4, 0.5) is 0 Å². The van der Waals surface area contributed by atoms with Gasteiger partial charge < -0.3 is 20.3 Å². The van der Waals surface area contributed by atoms with Gasteiger partial charge in [0.25, 0.3) is 0 Å². The topological polar surface area (TPSA) is 78.8 Å². The number of thiazole rings is 1. The molecule has 0 fully saturated rings. The maximum Gasteiger partial charge on any atom is 0.241 e. The van der Waals surface area contributed by atoms with E-state index < -0.39 is 0 Å². The summed E-state index contributed by atoms with van der Waals surface area (Å²) in [5, 5.41) is 7.50. The van der Waals surface area contributed by atoms with Gasteiger partial charge in [0.2, 0.25) is 5.91 Å². The molecule has 28 heavy (non-hydrogen) atoms. The maximum absolute atomic E-state index is 11.9. The molecule has 0 aliphatic rings. The van der Waals surface area contributed by atoms with Gasteiger partial charge >= 0.3 is 0 Å². The number of guanidine groups is 1. The van der Waals surface area contributed by atoms with E-state index in [0.29, 0.717) is 19.0 Å². The minimum Gasteiger partial charge on any atom is -0.497 e. The molecule has 2 rings (SSSR count). The van der Waals surface area contributed by atoms with E-state index in [1.54, 1.807) is 37.4 Å². The molecule has 1 aromatic heterocycles. The first-order valence-electron chi connectivity index (χ1n) is 9.17. The fourth-order valence-corrected chi connectivity index (χ4v) is 3.26. The van der Waals surface area contributed by atoms with Gasteiger partial charge in [-0.1, -0.05) is 12.1 Å². The molecule has 1 amide bonds. The number of methoxy groups -OCH3 is 1. The van der Waals surface area contributed by atoms with Gasteiger partial charge in [0, 0.05) is 31.9 Å². The minimum absolute atomic E-state index is 0.00915. The Morgan fingerprint density at radius 1 is 1.21 bits per heavy atom. The molecule has 0 spiro atoms. The fourth-order valence-electron chi connectivity index (χ4n) is 2.33. The van der Waals surface area contributed by atoms with E-state index in [2.05, 4.69) is 27.5 Å². The summed E-state index contributed by atoms with van der Waals surface area (Å²) >= 11 is 1.72. The molecule has 2 aromatic rings. The van der Waals surface area contributed by atoms with Crippen molar-refractivity contribution in [3.8, 4) is 5.75 Å². The van der Waals surface area contributed by atoms with Crippen molar-refractivity contribution < 1.29 is 9.53 Å². The number of hydrogen-bond donors (Lipinski definition) is 2. The van der Waals surface area contributed by atoms with E-state index in [4.69, 9.17) is 4.74 Å². The molecule has 7 nitrogen and oxygen atoms in total. The van der Waals surface area contributed by atoms with Gasteiger partial charge in [-0.25, -0.2) is 9.98 Å². The van der Waals surface area contributed by atoms with Gasteiger partial charge in [0.05, 0.1) is 30.9 Å². The lowest BCUT2D eigenvalue weighted by Crippen LogP contribution is -2.43. The molecule has 0 aliphatic heterocycles. The first kappa shape index (κ1) is 21.7. The van der Waals surface area contributed by atoms with E-state index in [1.807, 2.05) is 31.2 Å². The van der Waals surface area contributed by atoms with Gasteiger partial charge in [-0.05, 0) is 31.5 Å². The lowest BCUT2D eigenvalue weighted by Gasteiger charge is -2.15. The number of carbonyl (C=O) groups is 1. The summed E-state index contributed by atoms with van der Waals surface area (Å²) in [4.78, 5) is 23.8. The number of nitrogens with one attached hydrogen (secondary N) is 2. The second-order valence-corrected chi connectivity index (χ2v) is 7.87. The van der Waals surface area contributed by atoms with Crippen LogP contribution in [-0.4, -0.2) is 56.0 Å². The molecule has 1 aromatic carbocycles. The van der Waals surface area contributed by atoms with Crippen LogP contribution in [0.25, 0.3) is 0 Å². The van der Waals surface area contributed by atoms with Crippen molar-refractivity contribution in [2.24, 2.45) is 4.99 Å². The molecule has 0 saturated carbocycles. The van der Waals surface area contributed by atoms with Gasteiger partial charge in [0.1, 0.15) is 5.75 Å². The monoisotopic (exact) mass is 403 g/mol. The van der Waals surface area contributed by atoms with Crippen molar-refractivity contribution in [1.29, 1.82) is 0 Å². The van der Waals surface area contributed by atoms with Crippen molar-refractivity contribution in [2.75, 3.05) is 34.3 Å². The number of aryl methyl sites for hydroxylation is 2. The maximum atomic E-state index is 11.9. The normalized spacial score (nSPS) is 11.2. The molecule has 2 N–H and O–H groups in total. The quantitative estimate of drug-likeness (QED) is 0.521. The first-order valence-corrected chi connectivity index (χ1v) is 9.99. The number of hydrogen-bond acceptors (Lipinski definition) is 5. The molecule has 0 aliphatic carbocycles. The lowest BCUT2D eigenvalue weighted by atomic mass is 10.2. The molecule has 1 heterocycles. The second-order valence-electron chi connectivity index (χ2n) is 6.58. The summed E-state index contributed by atoms with van der Waals surface area (Å²) in [5.74, 6) is 1.41. The average Bonchev–Trinajstić information content (AvgIpc) is 3.00. The Labute approximate surface area is 170 Å². The number of likely N-dealkylation sites (N-methyl/N-ethyl adjacent to an activating group) is 1. The first-order chi connectivity index (χ1) is 13.4. The number of benzene rings is 1. The number of aliphatic imine (C=N–C) groups is 1. The highest BCUT2D eigenvalue weighted by atomic mass is 32.1. The van der Waals surface area contributed by atoms with Crippen molar-refractivity contribution in [1.82, 2.24) is 20.5 Å². The number of ether oxygens (including phenoxy) is 1. The molecule has 0 bridgehead atoms. The third-order valence-corrected chi connectivity index (χ3v) is 5.32. The molecule has 0 radical (unpaired) electrons. The fraction of sp³-hybridized carbons (Fsp3) is 0.450. The highest BCUT2D eigenvalue weighted by molar-refractivity contribution is 7.11. The van der Waals surface area contributed by atoms with Gasteiger partial charge in [0.15, 0.2) is 5.96 Å². The van der Waals surface area contributed by atoms with Gasteiger partial charge in [-0.15, -0.1) is 11.3 Å². The van der Waals surface area contributed by atoms with E-state index in [9.17, 15) is 4.79 Å². The summed E-state index contributed by atoms with van der Waals surface area (Å²) in [6.45, 7) is 5.50. The number of aromatic nitrogens is 1. The number of amides is 1. The molecule has 0 atom stereocenters. The molecule has 152 valence electrons. The van der Waals surface area contributed by atoms with Crippen LogP contribution in [0.3, 0.4) is 0 Å². The van der Waals surface area contributed by atoms with E-state index >= 15 is 0 Å². The van der Waals surface area contributed by atoms with Crippen molar-refractivity contribution >= 4 is 23.2 Å². The zero-order valence-electron chi connectivity index (χ0n) is 17.2. The Balaban J connectivity index is 1.96. The lowest BCUT2D eigenvalue weighted by molar-refractivity contribution is -0.127. The standard InChI is InChI=1S/C20H29N5O2S/c1-14-15(2)28-18(24-14)10-11-21-20(23-13-19(26)25(3)4)22-12-16-6-8-17(27-5)9-7-16/h6-9H,10-13H2,1-5H3,(H2,21,22,23). The summed E-state index contributed by atoms with van der Waals surface area (Å²) in [7, 11) is 5.11. The van der Waals surface area contributed by atoms with Crippen LogP contribution in [0, 0.1) is 13.8 Å². The van der Waals surface area contributed by atoms with Crippen molar-refractivity contribution in [3.05, 3.63) is 45.4 Å². The zero-order valence-corrected chi connectivity index (χ0v) is 18.0. The number of nitrogens with zero attached hydrogens (tertiary/aromatic N) is 3. The number of rotatable bonds is 8. The molecular formula is C20H29N5O2S. The minimum atomic E-state index is -0.00915. The highest BCUT2D eigenvalue weighted by Crippen LogP contribution is 2.16. The highest BCUT2D eigenvalue weighted by Gasteiger charge is 2.07.